The van der Waals surface area contributed by atoms with Crippen molar-refractivity contribution in [1.29, 1.82) is 0 Å². The molecule has 2 N–H and O–H groups in total. The highest BCUT2D eigenvalue weighted by molar-refractivity contribution is 5.89. The Hall–Kier alpha value is -3.14. The van der Waals surface area contributed by atoms with Gasteiger partial charge in [-0.15, -0.1) is 0 Å². The van der Waals surface area contributed by atoms with Crippen LogP contribution in [0.3, 0.4) is 0 Å². The molecule has 5 atom stereocenters. The largest absolute Gasteiger partial charge is 0.465 e. The zero-order valence-corrected chi connectivity index (χ0v) is 22.3. The zero-order valence-electron chi connectivity index (χ0n) is 22.3. The number of benzene rings is 1. The Morgan fingerprint density at radius 3 is 2.43 bits per heavy atom. The number of hydrogen-bond acceptors (Lipinski definition) is 7. The summed E-state index contributed by atoms with van der Waals surface area (Å²) in [6.07, 6.45) is 2.29. The lowest BCUT2D eigenvalue weighted by Crippen LogP contribution is -2.59. The van der Waals surface area contributed by atoms with Crippen LogP contribution in [-0.4, -0.2) is 91.2 Å². The van der Waals surface area contributed by atoms with Crippen molar-refractivity contribution in [2.24, 2.45) is 5.92 Å². The predicted molar refractivity (Wildman–Crippen MR) is 138 cm³/mol. The molecule has 10 heteroatoms. The molecule has 0 bridgehead atoms. The van der Waals surface area contributed by atoms with E-state index < -0.39 is 30.1 Å². The number of hydrogen-bond donors (Lipinski definition) is 2. The summed E-state index contributed by atoms with van der Waals surface area (Å²) in [4.78, 5) is 55.0. The molecule has 204 valence electrons. The van der Waals surface area contributed by atoms with Crippen LogP contribution in [0, 0.1) is 5.92 Å². The molecule has 0 unspecified atom stereocenters. The minimum atomic E-state index is -0.753. The van der Waals surface area contributed by atoms with Crippen LogP contribution < -0.4 is 10.6 Å². The van der Waals surface area contributed by atoms with Gasteiger partial charge in [0.1, 0.15) is 12.1 Å². The van der Waals surface area contributed by atoms with E-state index in [9.17, 15) is 19.2 Å². The highest BCUT2D eigenvalue weighted by atomic mass is 16.5. The molecule has 37 heavy (non-hydrogen) atoms. The van der Waals surface area contributed by atoms with Crippen LogP contribution >= 0.6 is 0 Å². The maximum Gasteiger partial charge on any atom is 0.328 e. The van der Waals surface area contributed by atoms with Crippen molar-refractivity contribution in [2.45, 2.75) is 70.6 Å². The maximum absolute atomic E-state index is 13.8. The van der Waals surface area contributed by atoms with Gasteiger partial charge in [0.05, 0.1) is 25.3 Å². The summed E-state index contributed by atoms with van der Waals surface area (Å²) < 4.78 is 10.6. The first-order chi connectivity index (χ1) is 17.8. The number of piperidine rings is 1. The molecule has 0 aromatic heterocycles. The van der Waals surface area contributed by atoms with Gasteiger partial charge < -0.3 is 24.6 Å². The first-order valence-corrected chi connectivity index (χ1v) is 13.2. The van der Waals surface area contributed by atoms with Crippen molar-refractivity contribution >= 4 is 23.9 Å². The Kier molecular flexibility index (Phi) is 10.3. The molecule has 2 aliphatic heterocycles. The Labute approximate surface area is 219 Å². The van der Waals surface area contributed by atoms with Gasteiger partial charge >= 0.3 is 18.0 Å². The standard InChI is InChI=1S/C27H40N4O6/c1-5-36-25(33)21(13-12-19-10-8-7-9-11-19)29-18(3)24(32)31-22(26(34)37-6-2)16-20-14-15-30(17-23(20)31)27(35)28-4/h7-11,18,20-23,29H,5-6,12-17H2,1-4H3,(H,28,35)/t18-,20+,21+,22+,23+/m1/s1. The van der Waals surface area contributed by atoms with Gasteiger partial charge in [0.15, 0.2) is 0 Å². The van der Waals surface area contributed by atoms with Gasteiger partial charge in [0.25, 0.3) is 0 Å². The SMILES string of the molecule is CCOC(=O)[C@H](CCc1ccccc1)N[C@H](C)C(=O)N1[C@H](C(=O)OCC)C[C@@H]2CCN(C(=O)NC)C[C@@H]21. The fourth-order valence-electron chi connectivity index (χ4n) is 5.37. The van der Waals surface area contributed by atoms with Crippen molar-refractivity contribution in [3.63, 3.8) is 0 Å². The number of rotatable bonds is 10. The van der Waals surface area contributed by atoms with Crippen LogP contribution in [0.2, 0.25) is 0 Å². The second-order valence-electron chi connectivity index (χ2n) is 9.58. The predicted octanol–water partition coefficient (Wildman–Crippen LogP) is 1.72. The molecule has 3 rings (SSSR count). The molecule has 0 radical (unpaired) electrons. The molecular weight excluding hydrogens is 476 g/mol. The van der Waals surface area contributed by atoms with Crippen molar-refractivity contribution in [1.82, 2.24) is 20.4 Å². The fourth-order valence-corrected chi connectivity index (χ4v) is 5.37. The highest BCUT2D eigenvalue weighted by Crippen LogP contribution is 2.37. The topological polar surface area (TPSA) is 117 Å². The van der Waals surface area contributed by atoms with Crippen LogP contribution in [0.1, 0.15) is 45.6 Å². The molecule has 0 spiro atoms. The van der Waals surface area contributed by atoms with Gasteiger partial charge in [-0.2, -0.15) is 0 Å². The second-order valence-corrected chi connectivity index (χ2v) is 9.58. The van der Waals surface area contributed by atoms with Crippen LogP contribution in [0.25, 0.3) is 0 Å². The van der Waals surface area contributed by atoms with Crippen LogP contribution in [0.5, 0.6) is 0 Å². The number of carbonyl (C=O) groups excluding carboxylic acids is 4. The zero-order chi connectivity index (χ0) is 26.9. The Morgan fingerprint density at radius 1 is 1.08 bits per heavy atom. The lowest BCUT2D eigenvalue weighted by molar-refractivity contribution is -0.155. The smallest absolute Gasteiger partial charge is 0.328 e. The van der Waals surface area contributed by atoms with E-state index in [2.05, 4.69) is 10.6 Å². The maximum atomic E-state index is 13.8. The quantitative estimate of drug-likeness (QED) is 0.455. The van der Waals surface area contributed by atoms with Gasteiger partial charge in [-0.3, -0.25) is 14.9 Å². The van der Waals surface area contributed by atoms with E-state index in [-0.39, 0.29) is 37.1 Å². The summed E-state index contributed by atoms with van der Waals surface area (Å²) in [7, 11) is 1.57. The van der Waals surface area contributed by atoms with Crippen LogP contribution in [-0.2, 0) is 30.3 Å². The summed E-state index contributed by atoms with van der Waals surface area (Å²) in [6.45, 7) is 6.54. The van der Waals surface area contributed by atoms with Crippen LogP contribution in [0.4, 0.5) is 4.79 Å². The number of aryl methyl sites for hydroxylation is 1. The van der Waals surface area contributed by atoms with Gasteiger partial charge in [-0.1, -0.05) is 30.3 Å². The summed E-state index contributed by atoms with van der Waals surface area (Å²) >= 11 is 0. The van der Waals surface area contributed by atoms with Crippen molar-refractivity contribution < 1.29 is 28.7 Å². The third-order valence-electron chi connectivity index (χ3n) is 7.21. The summed E-state index contributed by atoms with van der Waals surface area (Å²) in [5, 5.41) is 5.81. The highest BCUT2D eigenvalue weighted by Gasteiger charge is 2.51. The Bertz CT molecular complexity index is 942. The van der Waals surface area contributed by atoms with Gasteiger partial charge in [0.2, 0.25) is 5.91 Å². The second kappa shape index (κ2) is 13.4. The number of nitrogens with one attached hydrogen (secondary N) is 2. The molecular formula is C27H40N4O6. The van der Waals surface area contributed by atoms with Crippen molar-refractivity contribution in [3.8, 4) is 0 Å². The summed E-state index contributed by atoms with van der Waals surface area (Å²) in [5.41, 5.74) is 1.08. The molecule has 0 saturated carbocycles. The van der Waals surface area contributed by atoms with E-state index in [1.807, 2.05) is 30.3 Å². The van der Waals surface area contributed by atoms with E-state index in [4.69, 9.17) is 9.47 Å². The van der Waals surface area contributed by atoms with Crippen molar-refractivity contribution in [2.75, 3.05) is 33.4 Å². The molecule has 0 aliphatic carbocycles. The summed E-state index contributed by atoms with van der Waals surface area (Å²) in [5.74, 6) is -1.05. The van der Waals surface area contributed by atoms with Gasteiger partial charge in [-0.05, 0) is 57.9 Å². The third-order valence-corrected chi connectivity index (χ3v) is 7.21. The molecule has 2 fully saturated rings. The number of urea groups is 1. The molecule has 10 nitrogen and oxygen atoms in total. The number of nitrogens with zero attached hydrogens (tertiary/aromatic N) is 2. The van der Waals surface area contributed by atoms with Gasteiger partial charge in [-0.25, -0.2) is 9.59 Å². The Morgan fingerprint density at radius 2 is 1.78 bits per heavy atom. The molecule has 2 aliphatic rings. The fraction of sp³-hybridized carbons (Fsp3) is 0.630. The van der Waals surface area contributed by atoms with Crippen molar-refractivity contribution in [3.05, 3.63) is 35.9 Å². The third kappa shape index (κ3) is 7.00. The number of carbonyl (C=O) groups is 4. The number of amides is 3. The molecule has 2 heterocycles. The minimum absolute atomic E-state index is 0.0883. The Balaban J connectivity index is 1.78. The van der Waals surface area contributed by atoms with E-state index in [0.29, 0.717) is 38.8 Å². The van der Waals surface area contributed by atoms with E-state index in [1.165, 1.54) is 0 Å². The normalized spacial score (nSPS) is 22.5. The molecule has 3 amide bonds. The number of esters is 2. The average Bonchev–Trinajstić information content (AvgIpc) is 3.29. The van der Waals surface area contributed by atoms with Crippen LogP contribution in [0.15, 0.2) is 30.3 Å². The van der Waals surface area contributed by atoms with E-state index >= 15 is 0 Å². The lowest BCUT2D eigenvalue weighted by atomic mass is 9.91. The molecule has 2 saturated heterocycles. The minimum Gasteiger partial charge on any atom is -0.465 e. The lowest BCUT2D eigenvalue weighted by Gasteiger charge is -2.39. The summed E-state index contributed by atoms with van der Waals surface area (Å²) in [6, 6.07) is 7.14. The van der Waals surface area contributed by atoms with E-state index in [0.717, 1.165) is 5.56 Å². The van der Waals surface area contributed by atoms with Gasteiger partial charge in [0, 0.05) is 20.1 Å². The average molecular weight is 517 g/mol. The first kappa shape index (κ1) is 28.4. The van der Waals surface area contributed by atoms with E-state index in [1.54, 1.807) is 37.6 Å². The number of ether oxygens (including phenoxy) is 2. The number of likely N-dealkylation sites (tertiary alicyclic amines) is 2. The molecule has 1 aromatic carbocycles. The monoisotopic (exact) mass is 516 g/mol. The first-order valence-electron chi connectivity index (χ1n) is 13.2. The molecule has 1 aromatic rings. The number of fused-ring (bicyclic) bond motifs is 1.